The summed E-state index contributed by atoms with van der Waals surface area (Å²) in [5.74, 6) is -2.99. The first-order valence-corrected chi connectivity index (χ1v) is 10.7. The number of benzene rings is 1. The summed E-state index contributed by atoms with van der Waals surface area (Å²) in [6.45, 7) is -4.28. The molecule has 3 aromatic heterocycles. The number of halogens is 4. The highest BCUT2D eigenvalue weighted by atomic mass is 19.3. The smallest absolute Gasteiger partial charge is 0.258 e. The first-order chi connectivity index (χ1) is 19.6. The predicted octanol–water partition coefficient (Wildman–Crippen LogP) is 2.92. The maximum absolute atomic E-state index is 15.4. The van der Waals surface area contributed by atoms with E-state index in [1.54, 1.807) is 0 Å². The lowest BCUT2D eigenvalue weighted by atomic mass is 10.0. The summed E-state index contributed by atoms with van der Waals surface area (Å²) in [4.78, 5) is 17.0. The molecule has 1 aliphatic rings. The zero-order chi connectivity index (χ0) is 30.6. The van der Waals surface area contributed by atoms with E-state index in [4.69, 9.17) is 13.0 Å². The molecule has 10 nitrogen and oxygen atoms in total. The van der Waals surface area contributed by atoms with E-state index in [-0.39, 0.29) is 46.6 Å². The molecule has 14 heteroatoms. The fourth-order valence-electron chi connectivity index (χ4n) is 4.23. The number of aromatic nitrogens is 6. The fourth-order valence-corrected chi connectivity index (χ4v) is 4.23. The van der Waals surface area contributed by atoms with E-state index in [0.717, 1.165) is 20.3 Å². The Kier molecular flexibility index (Phi) is 4.48. The Labute approximate surface area is 210 Å². The number of likely N-dealkylation sites (tertiary alicyclic amines) is 1. The topological polar surface area (TPSA) is 102 Å². The van der Waals surface area contributed by atoms with Gasteiger partial charge in [-0.3, -0.25) is 4.79 Å². The number of nitrogens with zero attached hydrogens (tertiary/aromatic N) is 7. The van der Waals surface area contributed by atoms with Crippen LogP contribution in [0.4, 0.5) is 23.5 Å². The van der Waals surface area contributed by atoms with Crippen molar-refractivity contribution < 1.29 is 35.3 Å². The molecule has 1 saturated heterocycles. The van der Waals surface area contributed by atoms with Gasteiger partial charge in [-0.25, -0.2) is 26.8 Å². The molecular weight excluding hydrogens is 484 g/mol. The average molecular weight is 513 g/mol. The molecule has 1 aliphatic heterocycles. The Balaban J connectivity index is 1.51. The second kappa shape index (κ2) is 9.24. The van der Waals surface area contributed by atoms with Gasteiger partial charge in [-0.15, -0.1) is 10.2 Å². The number of amides is 1. The molecule has 1 amide bonds. The SMILES string of the molecule is [2H]C([2H])([2H])Oc1nc(N[C@H]2CCN(C(=O)C([2H])([2H])[2H])C[C@H]2F)nn2cc(F)c(-c3ccc4nnn(CC(F)F)c4c3)c12. The van der Waals surface area contributed by atoms with Crippen LogP contribution in [-0.2, 0) is 11.3 Å². The second-order valence-electron chi connectivity index (χ2n) is 8.16. The molecule has 0 saturated carbocycles. The van der Waals surface area contributed by atoms with E-state index in [1.165, 1.54) is 18.2 Å². The fraction of sp³-hybridized carbons (Fsp3) is 0.409. The molecule has 0 aliphatic carbocycles. The first kappa shape index (κ1) is 17.5. The summed E-state index contributed by atoms with van der Waals surface area (Å²) in [6.07, 6.45) is -3.60. The summed E-state index contributed by atoms with van der Waals surface area (Å²) < 4.78 is 108. The van der Waals surface area contributed by atoms with Crippen LogP contribution in [0.2, 0.25) is 0 Å². The minimum Gasteiger partial charge on any atom is -0.479 e. The van der Waals surface area contributed by atoms with Crippen molar-refractivity contribution in [2.45, 2.75) is 38.5 Å². The Hall–Kier alpha value is -3.97. The summed E-state index contributed by atoms with van der Waals surface area (Å²) in [5.41, 5.74) is 0.151. The van der Waals surface area contributed by atoms with E-state index in [2.05, 4.69) is 25.7 Å². The molecule has 5 rings (SSSR count). The van der Waals surface area contributed by atoms with Crippen molar-refractivity contribution in [1.29, 1.82) is 0 Å². The standard InChI is InChI=1S/C22H22F4N8O2/c1-11(35)32-6-5-15(13(23)8-32)27-22-28-21(36-2)20-19(14(24)9-34(20)30-22)12-3-4-16-17(7-12)33(31-29-16)10-18(25)26/h3-4,7,9,13,15,18H,5-6,8,10H2,1-2H3,(H,27,30)/t13-,15+/m1/s1/i1D3,2D3. The Morgan fingerprint density at radius 1 is 1.39 bits per heavy atom. The minimum atomic E-state index is -3.04. The predicted molar refractivity (Wildman–Crippen MR) is 121 cm³/mol. The van der Waals surface area contributed by atoms with E-state index in [0.29, 0.717) is 0 Å². The molecule has 0 unspecified atom stereocenters. The number of nitrogens with one attached hydrogen (secondary N) is 1. The number of carbonyl (C=O) groups is 1. The van der Waals surface area contributed by atoms with E-state index in [1.807, 2.05) is 0 Å². The Morgan fingerprint density at radius 3 is 3.00 bits per heavy atom. The van der Waals surface area contributed by atoms with Gasteiger partial charge in [-0.1, -0.05) is 11.3 Å². The van der Waals surface area contributed by atoms with E-state index in [9.17, 15) is 18.0 Å². The van der Waals surface area contributed by atoms with Crippen molar-refractivity contribution in [2.24, 2.45) is 0 Å². The molecule has 4 aromatic rings. The largest absolute Gasteiger partial charge is 0.479 e. The Bertz CT molecular complexity index is 1640. The molecule has 1 fully saturated rings. The van der Waals surface area contributed by atoms with E-state index < -0.39 is 63.2 Å². The maximum Gasteiger partial charge on any atom is 0.258 e. The lowest BCUT2D eigenvalue weighted by Gasteiger charge is -2.34. The molecule has 0 radical (unpaired) electrons. The monoisotopic (exact) mass is 512 g/mol. The molecule has 0 spiro atoms. The first-order valence-electron chi connectivity index (χ1n) is 13.7. The zero-order valence-electron chi connectivity index (χ0n) is 24.3. The van der Waals surface area contributed by atoms with Gasteiger partial charge in [-0.05, 0) is 24.1 Å². The number of fused-ring (bicyclic) bond motifs is 2. The normalized spacial score (nSPS) is 21.5. The molecule has 190 valence electrons. The third kappa shape index (κ3) is 4.27. The minimum absolute atomic E-state index is 0.0362. The van der Waals surface area contributed by atoms with Crippen LogP contribution in [0, 0.1) is 5.82 Å². The van der Waals surface area contributed by atoms with Gasteiger partial charge in [0.05, 0.1) is 41.0 Å². The van der Waals surface area contributed by atoms with Crippen LogP contribution in [0.25, 0.3) is 27.7 Å². The van der Waals surface area contributed by atoms with Crippen molar-refractivity contribution >= 4 is 28.4 Å². The van der Waals surface area contributed by atoms with Gasteiger partial charge in [-0.2, -0.15) is 4.98 Å². The van der Waals surface area contributed by atoms with Gasteiger partial charge in [0, 0.05) is 17.5 Å². The molecule has 4 heterocycles. The van der Waals surface area contributed by atoms with Crippen LogP contribution in [0.3, 0.4) is 0 Å². The number of anilines is 1. The summed E-state index contributed by atoms with van der Waals surface area (Å²) >= 11 is 0. The molecule has 0 bridgehead atoms. The van der Waals surface area contributed by atoms with Gasteiger partial charge >= 0.3 is 0 Å². The molecular formula is C22H22F4N8O2. The van der Waals surface area contributed by atoms with Crippen molar-refractivity contribution in [3.05, 3.63) is 30.2 Å². The van der Waals surface area contributed by atoms with Crippen LogP contribution in [0.5, 0.6) is 5.88 Å². The van der Waals surface area contributed by atoms with Crippen molar-refractivity contribution in [3.8, 4) is 17.0 Å². The maximum atomic E-state index is 15.4. The Morgan fingerprint density at radius 2 is 2.25 bits per heavy atom. The number of methoxy groups -OCH3 is 1. The number of ether oxygens (including phenoxy) is 1. The van der Waals surface area contributed by atoms with Crippen LogP contribution < -0.4 is 10.1 Å². The third-order valence-corrected chi connectivity index (χ3v) is 5.91. The number of piperidine rings is 1. The summed E-state index contributed by atoms with van der Waals surface area (Å²) in [7, 11) is -3.04. The zero-order valence-corrected chi connectivity index (χ0v) is 18.3. The number of rotatable bonds is 6. The number of hydrogen-bond acceptors (Lipinski definition) is 7. The van der Waals surface area contributed by atoms with E-state index >= 15 is 4.39 Å². The molecule has 2 atom stereocenters. The number of carbonyl (C=O) groups excluding carboxylic acids is 1. The highest BCUT2D eigenvalue weighted by Gasteiger charge is 2.31. The second-order valence-corrected chi connectivity index (χ2v) is 8.16. The van der Waals surface area contributed by atoms with Crippen LogP contribution in [-0.4, -0.2) is 79.2 Å². The van der Waals surface area contributed by atoms with Crippen molar-refractivity contribution in [1.82, 2.24) is 34.5 Å². The summed E-state index contributed by atoms with van der Waals surface area (Å²) in [6, 6.07) is 3.20. The molecule has 1 aromatic carbocycles. The lowest BCUT2D eigenvalue weighted by Crippen LogP contribution is -2.49. The van der Waals surface area contributed by atoms with Gasteiger partial charge in [0.25, 0.3) is 6.43 Å². The van der Waals surface area contributed by atoms with Crippen LogP contribution >= 0.6 is 0 Å². The molecule has 1 N–H and O–H groups in total. The van der Waals surface area contributed by atoms with Gasteiger partial charge < -0.3 is 15.0 Å². The van der Waals surface area contributed by atoms with Crippen LogP contribution in [0.15, 0.2) is 24.4 Å². The number of hydrogen-bond donors (Lipinski definition) is 1. The van der Waals surface area contributed by atoms with Gasteiger partial charge in [0.2, 0.25) is 17.7 Å². The molecule has 36 heavy (non-hydrogen) atoms. The van der Waals surface area contributed by atoms with Crippen molar-refractivity contribution in [3.63, 3.8) is 0 Å². The lowest BCUT2D eigenvalue weighted by molar-refractivity contribution is -0.131. The average Bonchev–Trinajstić information content (AvgIpc) is 3.42. The highest BCUT2D eigenvalue weighted by Crippen LogP contribution is 2.35. The van der Waals surface area contributed by atoms with Crippen LogP contribution in [0.1, 0.15) is 21.5 Å². The quantitative estimate of drug-likeness (QED) is 0.397. The van der Waals surface area contributed by atoms with Gasteiger partial charge in [0.1, 0.15) is 23.7 Å². The third-order valence-electron chi connectivity index (χ3n) is 5.91. The van der Waals surface area contributed by atoms with Gasteiger partial charge in [0.15, 0.2) is 5.82 Å². The number of alkyl halides is 3. The summed E-state index contributed by atoms with van der Waals surface area (Å²) in [5, 5.41) is 14.3. The van der Waals surface area contributed by atoms with Crippen molar-refractivity contribution in [2.75, 3.05) is 25.4 Å². The highest BCUT2D eigenvalue weighted by molar-refractivity contribution is 5.89.